The van der Waals surface area contributed by atoms with Crippen molar-refractivity contribution in [2.24, 2.45) is 0 Å². The molecule has 156 valence electrons. The fourth-order valence-corrected chi connectivity index (χ4v) is 2.74. The van der Waals surface area contributed by atoms with Gasteiger partial charge in [0.15, 0.2) is 6.10 Å². The molecule has 0 aliphatic heterocycles. The van der Waals surface area contributed by atoms with Gasteiger partial charge >= 0.3 is 12.1 Å². The maximum atomic E-state index is 12.5. The molecule has 8 heteroatoms. The van der Waals surface area contributed by atoms with E-state index in [1.165, 1.54) is 19.2 Å². The average Bonchev–Trinajstić information content (AvgIpc) is 2.72. The summed E-state index contributed by atoms with van der Waals surface area (Å²) in [5.41, 5.74) is 2.30. The first kappa shape index (κ1) is 22.6. The SMILES string of the molecule is CO[C@H](CCOC(=O)CS)[C@H](OC(=O)Nc1ccc(C)cc1)c1ccc(O)cc1. The van der Waals surface area contributed by atoms with Crippen molar-refractivity contribution in [1.29, 1.82) is 0 Å². The molecule has 7 nitrogen and oxygen atoms in total. The number of anilines is 1. The molecule has 0 saturated carbocycles. The molecule has 1 amide bonds. The highest BCUT2D eigenvalue weighted by Gasteiger charge is 2.27. The van der Waals surface area contributed by atoms with Gasteiger partial charge in [-0.15, -0.1) is 0 Å². The summed E-state index contributed by atoms with van der Waals surface area (Å²) in [5, 5.41) is 12.2. The van der Waals surface area contributed by atoms with Crippen molar-refractivity contribution in [1.82, 2.24) is 0 Å². The number of rotatable bonds is 9. The highest BCUT2D eigenvalue weighted by Crippen LogP contribution is 2.28. The van der Waals surface area contributed by atoms with Gasteiger partial charge in [-0.05, 0) is 36.8 Å². The van der Waals surface area contributed by atoms with E-state index in [1.807, 2.05) is 19.1 Å². The predicted octanol–water partition coefficient (Wildman–Crippen LogP) is 3.87. The zero-order valence-electron chi connectivity index (χ0n) is 16.3. The van der Waals surface area contributed by atoms with E-state index in [0.717, 1.165) is 5.56 Å². The normalized spacial score (nSPS) is 12.7. The molecule has 0 saturated heterocycles. The number of amides is 1. The number of benzene rings is 2. The molecular weight excluding hydrogens is 394 g/mol. The summed E-state index contributed by atoms with van der Waals surface area (Å²) in [7, 11) is 1.49. The lowest BCUT2D eigenvalue weighted by molar-refractivity contribution is -0.141. The van der Waals surface area contributed by atoms with E-state index in [4.69, 9.17) is 14.2 Å². The second kappa shape index (κ2) is 11.3. The Hall–Kier alpha value is -2.71. The Balaban J connectivity index is 2.12. The van der Waals surface area contributed by atoms with Gasteiger partial charge in [0.2, 0.25) is 0 Å². The summed E-state index contributed by atoms with van der Waals surface area (Å²) >= 11 is 3.86. The molecule has 2 N–H and O–H groups in total. The molecule has 0 aliphatic carbocycles. The monoisotopic (exact) mass is 419 g/mol. The van der Waals surface area contributed by atoms with Crippen LogP contribution in [0.3, 0.4) is 0 Å². The van der Waals surface area contributed by atoms with Crippen LogP contribution in [0.2, 0.25) is 0 Å². The Morgan fingerprint density at radius 3 is 2.34 bits per heavy atom. The fraction of sp³-hybridized carbons (Fsp3) is 0.333. The number of hydrogen-bond donors (Lipinski definition) is 3. The van der Waals surface area contributed by atoms with E-state index >= 15 is 0 Å². The second-order valence-corrected chi connectivity index (χ2v) is 6.67. The Morgan fingerprint density at radius 2 is 1.76 bits per heavy atom. The molecule has 0 fully saturated rings. The quantitative estimate of drug-likeness (QED) is 0.422. The molecular formula is C21H25NO6S. The highest BCUT2D eigenvalue weighted by molar-refractivity contribution is 7.81. The zero-order valence-corrected chi connectivity index (χ0v) is 17.2. The smallest absolute Gasteiger partial charge is 0.412 e. The lowest BCUT2D eigenvalue weighted by atomic mass is 10.0. The molecule has 0 unspecified atom stereocenters. The van der Waals surface area contributed by atoms with Crippen molar-refractivity contribution in [2.75, 3.05) is 24.8 Å². The van der Waals surface area contributed by atoms with Crippen LogP contribution in [0.5, 0.6) is 5.75 Å². The lowest BCUT2D eigenvalue weighted by Gasteiger charge is -2.26. The van der Waals surface area contributed by atoms with Gasteiger partial charge in [-0.2, -0.15) is 12.6 Å². The summed E-state index contributed by atoms with van der Waals surface area (Å²) in [6.07, 6.45) is -1.70. The number of phenols is 1. The molecule has 29 heavy (non-hydrogen) atoms. The molecule has 0 aliphatic rings. The number of nitrogens with one attached hydrogen (secondary N) is 1. The van der Waals surface area contributed by atoms with Gasteiger partial charge in [-0.3, -0.25) is 10.1 Å². The van der Waals surface area contributed by atoms with Crippen molar-refractivity contribution in [3.63, 3.8) is 0 Å². The van der Waals surface area contributed by atoms with Crippen molar-refractivity contribution < 1.29 is 28.9 Å². The fourth-order valence-electron chi connectivity index (χ4n) is 2.65. The van der Waals surface area contributed by atoms with Crippen LogP contribution in [-0.2, 0) is 19.0 Å². The third-order valence-corrected chi connectivity index (χ3v) is 4.45. The molecule has 0 heterocycles. The molecule has 0 aromatic heterocycles. The van der Waals surface area contributed by atoms with E-state index in [0.29, 0.717) is 17.7 Å². The minimum Gasteiger partial charge on any atom is -0.508 e. The Bertz CT molecular complexity index is 794. The lowest BCUT2D eigenvalue weighted by Crippen LogP contribution is -2.29. The van der Waals surface area contributed by atoms with Crippen molar-refractivity contribution >= 4 is 30.4 Å². The maximum Gasteiger partial charge on any atom is 0.412 e. The number of hydrogen-bond acceptors (Lipinski definition) is 7. The van der Waals surface area contributed by atoms with Crippen molar-refractivity contribution in [3.8, 4) is 5.75 Å². The number of methoxy groups -OCH3 is 1. The second-order valence-electron chi connectivity index (χ2n) is 6.35. The largest absolute Gasteiger partial charge is 0.508 e. The van der Waals surface area contributed by atoms with Gasteiger partial charge < -0.3 is 19.3 Å². The average molecular weight is 419 g/mol. The van der Waals surface area contributed by atoms with Gasteiger partial charge in [0, 0.05) is 19.2 Å². The predicted molar refractivity (Wildman–Crippen MR) is 112 cm³/mol. The number of carbonyl (C=O) groups excluding carboxylic acids is 2. The maximum absolute atomic E-state index is 12.5. The summed E-state index contributed by atoms with van der Waals surface area (Å²) in [6, 6.07) is 13.6. The number of thiol groups is 1. The Labute approximate surface area is 175 Å². The summed E-state index contributed by atoms with van der Waals surface area (Å²) in [4.78, 5) is 23.8. The third-order valence-electron chi connectivity index (χ3n) is 4.19. The molecule has 0 bridgehead atoms. The first-order valence-corrected chi connectivity index (χ1v) is 9.68. The molecule has 2 aromatic rings. The van der Waals surface area contributed by atoms with Crippen molar-refractivity contribution in [3.05, 3.63) is 59.7 Å². The molecule has 0 radical (unpaired) electrons. The Morgan fingerprint density at radius 1 is 1.10 bits per heavy atom. The van der Waals surface area contributed by atoms with E-state index in [2.05, 4.69) is 17.9 Å². The molecule has 0 spiro atoms. The van der Waals surface area contributed by atoms with E-state index in [9.17, 15) is 14.7 Å². The van der Waals surface area contributed by atoms with Crippen LogP contribution < -0.4 is 5.32 Å². The highest BCUT2D eigenvalue weighted by atomic mass is 32.1. The summed E-state index contributed by atoms with van der Waals surface area (Å²) in [5.74, 6) is -0.371. The summed E-state index contributed by atoms with van der Waals surface area (Å²) in [6.45, 7) is 2.04. The number of aromatic hydroxyl groups is 1. The molecule has 2 aromatic carbocycles. The first-order valence-electron chi connectivity index (χ1n) is 9.05. The third kappa shape index (κ3) is 7.32. The minimum atomic E-state index is -0.777. The van der Waals surface area contributed by atoms with Gasteiger partial charge in [-0.25, -0.2) is 4.79 Å². The Kier molecular flexibility index (Phi) is 8.82. The van der Waals surface area contributed by atoms with Crippen LogP contribution in [0.4, 0.5) is 10.5 Å². The topological polar surface area (TPSA) is 94.1 Å². The number of phenolic OH excluding ortho intramolecular Hbond substituents is 1. The van der Waals surface area contributed by atoms with Gasteiger partial charge in [-0.1, -0.05) is 29.8 Å². The number of carbonyl (C=O) groups is 2. The summed E-state index contributed by atoms with van der Waals surface area (Å²) < 4.78 is 16.2. The first-order chi connectivity index (χ1) is 13.9. The number of esters is 1. The van der Waals surface area contributed by atoms with Crippen LogP contribution in [0, 0.1) is 6.92 Å². The van der Waals surface area contributed by atoms with E-state index in [1.54, 1.807) is 24.3 Å². The number of aryl methyl sites for hydroxylation is 1. The van der Waals surface area contributed by atoms with Crippen LogP contribution >= 0.6 is 12.6 Å². The molecule has 2 atom stereocenters. The van der Waals surface area contributed by atoms with E-state index < -0.39 is 24.3 Å². The van der Waals surface area contributed by atoms with Gasteiger partial charge in [0.25, 0.3) is 0 Å². The molecule has 2 rings (SSSR count). The van der Waals surface area contributed by atoms with E-state index in [-0.39, 0.29) is 18.1 Å². The number of ether oxygens (including phenoxy) is 3. The van der Waals surface area contributed by atoms with Crippen LogP contribution in [0.25, 0.3) is 0 Å². The van der Waals surface area contributed by atoms with Crippen LogP contribution in [0.1, 0.15) is 23.7 Å². The van der Waals surface area contributed by atoms with Crippen molar-refractivity contribution in [2.45, 2.75) is 25.6 Å². The van der Waals surface area contributed by atoms with Crippen LogP contribution in [0.15, 0.2) is 48.5 Å². The van der Waals surface area contributed by atoms with Gasteiger partial charge in [0.1, 0.15) is 11.9 Å². The zero-order chi connectivity index (χ0) is 21.2. The minimum absolute atomic E-state index is 0.0193. The van der Waals surface area contributed by atoms with Gasteiger partial charge in [0.05, 0.1) is 12.4 Å². The van der Waals surface area contributed by atoms with Crippen LogP contribution in [-0.4, -0.2) is 42.7 Å². The standard InChI is InChI=1S/C21H25NO6S/c1-14-3-7-16(8-4-14)22-21(25)28-20(15-5-9-17(23)10-6-15)18(26-2)11-12-27-19(24)13-29/h3-10,18,20,23,29H,11-13H2,1-2H3,(H,22,25)/t18-,20-/m1/s1.